The fourth-order valence-electron chi connectivity index (χ4n) is 2.40. The van der Waals surface area contributed by atoms with Crippen molar-refractivity contribution in [2.45, 2.75) is 6.54 Å². The van der Waals surface area contributed by atoms with Gasteiger partial charge in [-0.25, -0.2) is 18.9 Å². The number of anilines is 2. The molecule has 0 radical (unpaired) electrons. The number of nitrogens with zero attached hydrogens (tertiary/aromatic N) is 4. The van der Waals surface area contributed by atoms with Crippen molar-refractivity contribution >= 4 is 39.3 Å². The Balaban J connectivity index is 1.71. The average Bonchev–Trinajstić information content (AvgIpc) is 3.17. The third kappa shape index (κ3) is 4.76. The highest BCUT2D eigenvalue weighted by Crippen LogP contribution is 2.24. The molecule has 1 heterocycles. The first-order chi connectivity index (χ1) is 13.9. The van der Waals surface area contributed by atoms with Crippen LogP contribution in [0.3, 0.4) is 0 Å². The Morgan fingerprint density at radius 2 is 2.00 bits per heavy atom. The Morgan fingerprint density at radius 1 is 1.28 bits per heavy atom. The first kappa shape index (κ1) is 20.4. The summed E-state index contributed by atoms with van der Waals surface area (Å²) < 4.78 is 18.1. The third-order valence-electron chi connectivity index (χ3n) is 3.91. The van der Waals surface area contributed by atoms with Crippen molar-refractivity contribution in [1.29, 1.82) is 5.41 Å². The molecule has 0 fully saturated rings. The molecular formula is C18H16BrFN6O3. The van der Waals surface area contributed by atoms with Gasteiger partial charge in [-0.05, 0) is 50.0 Å². The molecule has 0 atom stereocenters. The van der Waals surface area contributed by atoms with Crippen molar-refractivity contribution in [3.05, 3.63) is 70.1 Å². The number of benzene rings is 2. The lowest BCUT2D eigenvalue weighted by Gasteiger charge is -2.19. The summed E-state index contributed by atoms with van der Waals surface area (Å²) in [6.07, 6.45) is 0. The highest BCUT2D eigenvalue weighted by Gasteiger charge is 2.24. The van der Waals surface area contributed by atoms with Crippen LogP contribution >= 0.6 is 15.9 Å². The SMILES string of the molecule is CN(Cc1ccccc1)C(=O)Nc1nonc1C(=N)N(O)c1ccc(F)c(Br)c1. The number of halogens is 2. The van der Waals surface area contributed by atoms with Gasteiger partial charge in [-0.1, -0.05) is 30.3 Å². The van der Waals surface area contributed by atoms with Crippen LogP contribution in [0.25, 0.3) is 0 Å². The number of carbonyl (C=O) groups excluding carboxylic acids is 1. The van der Waals surface area contributed by atoms with Crippen LogP contribution in [0.1, 0.15) is 11.3 Å². The summed E-state index contributed by atoms with van der Waals surface area (Å²) >= 11 is 3.01. The summed E-state index contributed by atoms with van der Waals surface area (Å²) in [5.41, 5.74) is 0.832. The van der Waals surface area contributed by atoms with Crippen LogP contribution < -0.4 is 10.4 Å². The Hall–Kier alpha value is -3.31. The second kappa shape index (κ2) is 8.80. The van der Waals surface area contributed by atoms with Crippen LogP contribution in [0.2, 0.25) is 0 Å². The minimum absolute atomic E-state index is 0.102. The predicted molar refractivity (Wildman–Crippen MR) is 106 cm³/mol. The number of amides is 2. The van der Waals surface area contributed by atoms with Crippen LogP contribution in [0, 0.1) is 11.2 Å². The van der Waals surface area contributed by atoms with Gasteiger partial charge in [-0.15, -0.1) is 0 Å². The summed E-state index contributed by atoms with van der Waals surface area (Å²) in [6.45, 7) is 0.348. The van der Waals surface area contributed by atoms with Crippen LogP contribution in [-0.4, -0.2) is 39.3 Å². The monoisotopic (exact) mass is 462 g/mol. The number of amidine groups is 1. The van der Waals surface area contributed by atoms with Gasteiger partial charge < -0.3 is 4.90 Å². The lowest BCUT2D eigenvalue weighted by molar-refractivity contribution is 0.220. The molecule has 1 aromatic heterocycles. The van der Waals surface area contributed by atoms with Gasteiger partial charge in [0, 0.05) is 13.6 Å². The normalized spacial score (nSPS) is 10.5. The second-order valence-corrected chi connectivity index (χ2v) is 6.85. The van der Waals surface area contributed by atoms with Crippen molar-refractivity contribution in [3.63, 3.8) is 0 Å². The Bertz CT molecular complexity index is 1030. The summed E-state index contributed by atoms with van der Waals surface area (Å²) in [6, 6.07) is 12.5. The quantitative estimate of drug-likeness (QED) is 0.301. The first-order valence-corrected chi connectivity index (χ1v) is 9.07. The minimum Gasteiger partial charge on any atom is -0.323 e. The van der Waals surface area contributed by atoms with Crippen molar-refractivity contribution in [3.8, 4) is 0 Å². The zero-order chi connectivity index (χ0) is 21.0. The zero-order valence-corrected chi connectivity index (χ0v) is 16.7. The van der Waals surface area contributed by atoms with Gasteiger partial charge in [-0.2, -0.15) is 0 Å². The van der Waals surface area contributed by atoms with E-state index in [-0.39, 0.29) is 21.7 Å². The first-order valence-electron chi connectivity index (χ1n) is 8.28. The lowest BCUT2D eigenvalue weighted by atomic mass is 10.2. The molecule has 2 aromatic carbocycles. The van der Waals surface area contributed by atoms with E-state index in [9.17, 15) is 14.4 Å². The van der Waals surface area contributed by atoms with Crippen molar-refractivity contribution < 1.29 is 19.0 Å². The van der Waals surface area contributed by atoms with Crippen LogP contribution in [-0.2, 0) is 6.54 Å². The Labute approximate surface area is 173 Å². The number of nitrogens with one attached hydrogen (secondary N) is 2. The van der Waals surface area contributed by atoms with Gasteiger partial charge in [0.15, 0.2) is 11.5 Å². The number of carbonyl (C=O) groups is 1. The molecular weight excluding hydrogens is 447 g/mol. The van der Waals surface area contributed by atoms with Gasteiger partial charge in [0.1, 0.15) is 5.82 Å². The summed E-state index contributed by atoms with van der Waals surface area (Å²) in [4.78, 5) is 13.8. The number of hydrogen-bond acceptors (Lipinski definition) is 6. The lowest BCUT2D eigenvalue weighted by Crippen LogP contribution is -2.33. The average molecular weight is 463 g/mol. The fraction of sp³-hybridized carbons (Fsp3) is 0.111. The highest BCUT2D eigenvalue weighted by molar-refractivity contribution is 9.10. The molecule has 3 aromatic rings. The van der Waals surface area contributed by atoms with Gasteiger partial charge in [-0.3, -0.25) is 15.9 Å². The van der Waals surface area contributed by atoms with E-state index in [1.807, 2.05) is 30.3 Å². The predicted octanol–water partition coefficient (Wildman–Crippen LogP) is 3.86. The van der Waals surface area contributed by atoms with Crippen molar-refractivity contribution in [2.24, 2.45) is 0 Å². The van der Waals surface area contributed by atoms with Gasteiger partial charge >= 0.3 is 6.03 Å². The minimum atomic E-state index is -0.522. The van der Waals surface area contributed by atoms with E-state index in [4.69, 9.17) is 5.41 Å². The highest BCUT2D eigenvalue weighted by atomic mass is 79.9. The van der Waals surface area contributed by atoms with E-state index >= 15 is 0 Å². The number of hydrogen-bond donors (Lipinski definition) is 3. The molecule has 3 rings (SSSR count). The molecule has 150 valence electrons. The molecule has 3 N–H and O–H groups in total. The molecule has 9 nitrogen and oxygen atoms in total. The third-order valence-corrected chi connectivity index (χ3v) is 4.51. The largest absolute Gasteiger partial charge is 0.323 e. The molecule has 0 bridgehead atoms. The molecule has 0 saturated carbocycles. The molecule has 11 heteroatoms. The van der Waals surface area contributed by atoms with Crippen molar-refractivity contribution in [1.82, 2.24) is 15.2 Å². The molecule has 0 aliphatic carbocycles. The summed E-state index contributed by atoms with van der Waals surface area (Å²) in [7, 11) is 1.59. The van der Waals surface area contributed by atoms with E-state index < -0.39 is 17.7 Å². The smallest absolute Gasteiger partial charge is 0.323 e. The topological polar surface area (TPSA) is 119 Å². The molecule has 0 aliphatic heterocycles. The summed E-state index contributed by atoms with van der Waals surface area (Å²) in [5.74, 6) is -1.18. The van der Waals surface area contributed by atoms with Gasteiger partial charge in [0.05, 0.1) is 10.2 Å². The van der Waals surface area contributed by atoms with E-state index in [0.717, 1.165) is 11.6 Å². The molecule has 0 saturated heterocycles. The number of aromatic nitrogens is 2. The van der Waals surface area contributed by atoms with E-state index in [1.165, 1.54) is 17.0 Å². The number of rotatable bonds is 5. The van der Waals surface area contributed by atoms with Gasteiger partial charge in [0.25, 0.3) is 0 Å². The maximum Gasteiger partial charge on any atom is 0.323 e. The van der Waals surface area contributed by atoms with E-state index in [1.54, 1.807) is 7.05 Å². The van der Waals surface area contributed by atoms with Crippen molar-refractivity contribution in [2.75, 3.05) is 17.4 Å². The van der Waals surface area contributed by atoms with E-state index in [0.29, 0.717) is 11.6 Å². The molecule has 29 heavy (non-hydrogen) atoms. The molecule has 0 aliphatic rings. The van der Waals surface area contributed by atoms with E-state index in [2.05, 4.69) is 36.2 Å². The van der Waals surface area contributed by atoms with Gasteiger partial charge in [0.2, 0.25) is 5.82 Å². The molecule has 0 unspecified atom stereocenters. The number of hydroxylamine groups is 1. The molecule has 2 amide bonds. The Morgan fingerprint density at radius 3 is 2.69 bits per heavy atom. The van der Waals surface area contributed by atoms with Crippen LogP contribution in [0.4, 0.5) is 20.7 Å². The summed E-state index contributed by atoms with van der Waals surface area (Å²) in [5, 5.41) is 28.5. The van der Waals surface area contributed by atoms with Crippen LogP contribution in [0.15, 0.2) is 57.6 Å². The number of urea groups is 1. The maximum absolute atomic E-state index is 13.4. The standard InChI is InChI=1S/C18H16BrFN6O3/c1-25(10-11-5-3-2-4-6-11)18(27)22-17-15(23-29-24-17)16(21)26(28)12-7-8-14(20)13(19)9-12/h2-9,21,28H,10H2,1H3,(H,22,24,27). The van der Waals surface area contributed by atoms with Crippen LogP contribution in [0.5, 0.6) is 0 Å². The fourth-order valence-corrected chi connectivity index (χ4v) is 2.76. The Kier molecular flexibility index (Phi) is 6.20. The molecule has 0 spiro atoms. The maximum atomic E-state index is 13.4. The second-order valence-electron chi connectivity index (χ2n) is 5.99. The zero-order valence-electron chi connectivity index (χ0n) is 15.1.